The third kappa shape index (κ3) is 8.79. The molecule has 0 radical (unpaired) electrons. The maximum atomic E-state index is 12.8. The molecule has 7 nitrogen and oxygen atoms in total. The molecule has 1 saturated carbocycles. The Labute approximate surface area is 190 Å². The maximum Gasteiger partial charge on any atom is 0.416 e. The molecule has 1 unspecified atom stereocenters. The summed E-state index contributed by atoms with van der Waals surface area (Å²) in [7, 11) is 1.32. The largest absolute Gasteiger partial charge is 0.491 e. The van der Waals surface area contributed by atoms with Crippen molar-refractivity contribution in [2.75, 3.05) is 20.3 Å². The van der Waals surface area contributed by atoms with Crippen molar-refractivity contribution in [2.45, 2.75) is 56.6 Å². The van der Waals surface area contributed by atoms with Crippen LogP contribution in [0, 0.1) is 5.92 Å². The van der Waals surface area contributed by atoms with Gasteiger partial charge < -0.3 is 24.4 Å². The summed E-state index contributed by atoms with van der Waals surface area (Å²) in [6, 6.07) is 4.30. The van der Waals surface area contributed by atoms with Crippen LogP contribution in [0.3, 0.4) is 0 Å². The van der Waals surface area contributed by atoms with Crippen LogP contribution in [0.2, 0.25) is 0 Å². The fourth-order valence-electron chi connectivity index (χ4n) is 3.47. The number of hydrogen-bond donors (Lipinski definition) is 2. The summed E-state index contributed by atoms with van der Waals surface area (Å²) in [5.41, 5.74) is -0.862. The van der Waals surface area contributed by atoms with Crippen molar-refractivity contribution in [3.8, 4) is 5.75 Å². The summed E-state index contributed by atoms with van der Waals surface area (Å²) in [4.78, 5) is 23.3. The summed E-state index contributed by atoms with van der Waals surface area (Å²) >= 11 is 0. The van der Waals surface area contributed by atoms with E-state index in [0.29, 0.717) is 25.7 Å². The number of carbonyl (C=O) groups excluding carboxylic acids is 2. The van der Waals surface area contributed by atoms with E-state index in [-0.39, 0.29) is 37.1 Å². The zero-order chi connectivity index (χ0) is 24.4. The lowest BCUT2D eigenvalue weighted by Crippen LogP contribution is -2.34. The van der Waals surface area contributed by atoms with Crippen LogP contribution in [0.1, 0.15) is 37.7 Å². The first-order chi connectivity index (χ1) is 15.6. The third-order valence-corrected chi connectivity index (χ3v) is 5.22. The van der Waals surface area contributed by atoms with Crippen LogP contribution in [0.4, 0.5) is 13.2 Å². The number of unbranched alkanes of at least 4 members (excludes halogenated alkanes) is 1. The van der Waals surface area contributed by atoms with Crippen molar-refractivity contribution in [1.29, 1.82) is 0 Å². The van der Waals surface area contributed by atoms with Crippen molar-refractivity contribution in [2.24, 2.45) is 5.92 Å². The Bertz CT molecular complexity index is 809. The highest BCUT2D eigenvalue weighted by Crippen LogP contribution is 2.31. The van der Waals surface area contributed by atoms with Gasteiger partial charge in [0.1, 0.15) is 24.2 Å². The number of Topliss-reactive ketones (excluding diaryl/α,β-unsaturated/α-hetero) is 1. The molecule has 1 aliphatic carbocycles. The predicted molar refractivity (Wildman–Crippen MR) is 111 cm³/mol. The van der Waals surface area contributed by atoms with Gasteiger partial charge in [0, 0.05) is 18.8 Å². The first-order valence-corrected chi connectivity index (χ1v) is 10.6. The van der Waals surface area contributed by atoms with E-state index in [1.165, 1.54) is 19.2 Å². The highest BCUT2D eigenvalue weighted by molar-refractivity contribution is 5.85. The number of hydrogen-bond acceptors (Lipinski definition) is 7. The molecular formula is C23H29F3O7. The second-order valence-electron chi connectivity index (χ2n) is 7.81. The molecule has 184 valence electrons. The highest BCUT2D eigenvalue weighted by atomic mass is 19.4. The average molecular weight is 474 g/mol. The molecule has 0 aliphatic heterocycles. The molecule has 2 N–H and O–H groups in total. The number of alkyl halides is 3. The normalized spacial score (nSPS) is 22.0. The number of allylic oxidation sites excluding steroid dienone is 2. The Morgan fingerprint density at radius 3 is 2.73 bits per heavy atom. The molecular weight excluding hydrogens is 445 g/mol. The maximum absolute atomic E-state index is 12.8. The molecule has 33 heavy (non-hydrogen) atoms. The van der Waals surface area contributed by atoms with Crippen LogP contribution in [0.15, 0.2) is 36.4 Å². The molecule has 0 aromatic heterocycles. The highest BCUT2D eigenvalue weighted by Gasteiger charge is 2.42. The smallest absolute Gasteiger partial charge is 0.416 e. The average Bonchev–Trinajstić information content (AvgIpc) is 3.04. The molecule has 0 bridgehead atoms. The van der Waals surface area contributed by atoms with Crippen molar-refractivity contribution in [1.82, 2.24) is 0 Å². The van der Waals surface area contributed by atoms with E-state index in [2.05, 4.69) is 4.74 Å². The van der Waals surface area contributed by atoms with Crippen molar-refractivity contribution >= 4 is 11.8 Å². The number of aliphatic hydroxyl groups is 2. The summed E-state index contributed by atoms with van der Waals surface area (Å²) in [5, 5.41) is 20.2. The lowest BCUT2D eigenvalue weighted by molar-refractivity contribution is -0.140. The van der Waals surface area contributed by atoms with Crippen LogP contribution < -0.4 is 4.74 Å². The number of aliphatic hydroxyl groups excluding tert-OH is 2. The molecule has 0 saturated heterocycles. The van der Waals surface area contributed by atoms with Gasteiger partial charge in [-0.25, -0.2) is 0 Å². The minimum Gasteiger partial charge on any atom is -0.491 e. The van der Waals surface area contributed by atoms with Crippen LogP contribution in [0.25, 0.3) is 0 Å². The summed E-state index contributed by atoms with van der Waals surface area (Å²) in [6.07, 6.45) is -2.01. The summed E-state index contributed by atoms with van der Waals surface area (Å²) in [6.45, 7) is -0.573. The van der Waals surface area contributed by atoms with Gasteiger partial charge in [0.2, 0.25) is 0 Å². The topological polar surface area (TPSA) is 102 Å². The van der Waals surface area contributed by atoms with Gasteiger partial charge >= 0.3 is 12.1 Å². The number of carbonyl (C=O) groups is 2. The molecule has 1 aromatic rings. The molecule has 0 heterocycles. The SMILES string of the molecule is COC(=O)CCCC=CC[C@H]1C(=O)C[C@@H](O)[C@@H]1OCC(O)COc1cccc(C(F)(F)F)c1. The van der Waals surface area contributed by atoms with Gasteiger partial charge in [-0.15, -0.1) is 0 Å². The van der Waals surface area contributed by atoms with Gasteiger partial charge in [-0.1, -0.05) is 18.2 Å². The minimum absolute atomic E-state index is 0.0461. The van der Waals surface area contributed by atoms with E-state index >= 15 is 0 Å². The van der Waals surface area contributed by atoms with E-state index in [4.69, 9.17) is 9.47 Å². The zero-order valence-corrected chi connectivity index (χ0v) is 18.3. The number of ether oxygens (including phenoxy) is 3. The lowest BCUT2D eigenvalue weighted by Gasteiger charge is -2.22. The Balaban J connectivity index is 1.79. The molecule has 1 fully saturated rings. The molecule has 1 aromatic carbocycles. The number of ketones is 1. The van der Waals surface area contributed by atoms with Gasteiger partial charge in [-0.3, -0.25) is 9.59 Å². The monoisotopic (exact) mass is 474 g/mol. The molecule has 10 heteroatoms. The third-order valence-electron chi connectivity index (χ3n) is 5.22. The van der Waals surface area contributed by atoms with Gasteiger partial charge in [0.05, 0.1) is 31.5 Å². The quantitative estimate of drug-likeness (QED) is 0.273. The minimum atomic E-state index is -4.50. The van der Waals surface area contributed by atoms with Crippen molar-refractivity contribution in [3.63, 3.8) is 0 Å². The van der Waals surface area contributed by atoms with Crippen LogP contribution in [-0.4, -0.2) is 60.6 Å². The Kier molecular flexibility index (Phi) is 10.3. The number of rotatable bonds is 12. The standard InChI is InChI=1S/C23H29F3O7/c1-31-21(30)10-5-3-2-4-9-18-19(28)12-20(29)22(18)33-14-16(27)13-32-17-8-6-7-15(11-17)23(24,25)26/h2,4,6-8,11,16,18,20,22,27,29H,3,5,9-10,12-14H2,1H3/t16?,18-,20+,22+/m0/s1. The second-order valence-corrected chi connectivity index (χ2v) is 7.81. The fourth-order valence-corrected chi connectivity index (χ4v) is 3.47. The zero-order valence-electron chi connectivity index (χ0n) is 18.3. The number of halogens is 3. The van der Waals surface area contributed by atoms with Gasteiger partial charge in [-0.05, 0) is 37.5 Å². The number of benzene rings is 1. The van der Waals surface area contributed by atoms with E-state index in [1.54, 1.807) is 6.08 Å². The Morgan fingerprint density at radius 1 is 1.27 bits per heavy atom. The number of esters is 1. The predicted octanol–water partition coefficient (Wildman–Crippen LogP) is 3.07. The fraction of sp³-hybridized carbons (Fsp3) is 0.565. The number of methoxy groups -OCH3 is 1. The molecule has 0 spiro atoms. The van der Waals surface area contributed by atoms with Crippen LogP contribution >= 0.6 is 0 Å². The summed E-state index contributed by atoms with van der Waals surface area (Å²) in [5.74, 6) is -1.06. The Hall–Kier alpha value is -2.43. The summed E-state index contributed by atoms with van der Waals surface area (Å²) < 4.78 is 53.6. The van der Waals surface area contributed by atoms with E-state index < -0.39 is 36.0 Å². The Morgan fingerprint density at radius 2 is 2.03 bits per heavy atom. The van der Waals surface area contributed by atoms with Crippen molar-refractivity contribution in [3.05, 3.63) is 42.0 Å². The van der Waals surface area contributed by atoms with Gasteiger partial charge in [-0.2, -0.15) is 13.2 Å². The van der Waals surface area contributed by atoms with Gasteiger partial charge in [0.15, 0.2) is 0 Å². The van der Waals surface area contributed by atoms with E-state index in [9.17, 15) is 33.0 Å². The molecule has 4 atom stereocenters. The first kappa shape index (κ1) is 26.8. The molecule has 2 rings (SSSR count). The van der Waals surface area contributed by atoms with Crippen LogP contribution in [-0.2, 0) is 25.2 Å². The van der Waals surface area contributed by atoms with E-state index in [1.807, 2.05) is 6.08 Å². The second kappa shape index (κ2) is 12.7. The van der Waals surface area contributed by atoms with Crippen LogP contribution in [0.5, 0.6) is 5.75 Å². The molecule has 0 amide bonds. The first-order valence-electron chi connectivity index (χ1n) is 10.6. The lowest BCUT2D eigenvalue weighted by atomic mass is 9.99. The molecule has 1 aliphatic rings. The van der Waals surface area contributed by atoms with Crippen molar-refractivity contribution < 1.29 is 47.2 Å². The van der Waals surface area contributed by atoms with E-state index in [0.717, 1.165) is 12.1 Å². The van der Waals surface area contributed by atoms with Gasteiger partial charge in [0.25, 0.3) is 0 Å².